The van der Waals surface area contributed by atoms with Crippen molar-refractivity contribution in [3.63, 3.8) is 0 Å². The Hall–Kier alpha value is -5.06. The molecule has 2 aromatic carbocycles. The van der Waals surface area contributed by atoms with Gasteiger partial charge in [-0.3, -0.25) is 9.88 Å². The van der Waals surface area contributed by atoms with Gasteiger partial charge in [0.2, 0.25) is 5.88 Å². The fourth-order valence-electron chi connectivity index (χ4n) is 8.05. The van der Waals surface area contributed by atoms with Crippen LogP contribution in [0.2, 0.25) is 5.02 Å². The molecule has 0 amide bonds. The predicted molar refractivity (Wildman–Crippen MR) is 218 cm³/mol. The van der Waals surface area contributed by atoms with Crippen LogP contribution in [0.25, 0.3) is 38.9 Å². The Morgan fingerprint density at radius 3 is 2.59 bits per heavy atom. The summed E-state index contributed by atoms with van der Waals surface area (Å²) in [6.45, 7) is 1.85. The number of methoxy groups -OCH3 is 2. The third kappa shape index (κ3) is 8.14. The van der Waals surface area contributed by atoms with E-state index in [1.54, 1.807) is 43.4 Å². The molecule has 0 radical (unpaired) electrons. The summed E-state index contributed by atoms with van der Waals surface area (Å²) in [7, 11) is 5.23. The van der Waals surface area contributed by atoms with E-state index < -0.39 is 18.4 Å². The first-order valence-corrected chi connectivity index (χ1v) is 19.9. The third-order valence-corrected chi connectivity index (χ3v) is 11.5. The molecule has 0 spiro atoms. The number of fused-ring (bicyclic) bond motifs is 2. The summed E-state index contributed by atoms with van der Waals surface area (Å²) in [5.74, 6) is 0.911. The maximum absolute atomic E-state index is 14.2. The van der Waals surface area contributed by atoms with Gasteiger partial charge in [0, 0.05) is 55.0 Å². The molecule has 13 nitrogen and oxygen atoms in total. The van der Waals surface area contributed by atoms with Crippen molar-refractivity contribution < 1.29 is 28.1 Å². The SMILES string of the molecule is COc1cc(-n2ncc3c(-c4cccc(Nc5nc(C(F)F)nc6cc(CN(C)C7CCCCC7)cnc56)c4Cl)cccc32)nc(OC)c1CNC1CCOCC1O. The molecule has 2 unspecified atom stereocenters. The number of nitrogens with one attached hydrogen (secondary N) is 2. The second-order valence-corrected chi connectivity index (χ2v) is 15.2. The summed E-state index contributed by atoms with van der Waals surface area (Å²) >= 11 is 7.14. The summed E-state index contributed by atoms with van der Waals surface area (Å²) in [5, 5.41) is 22.8. The molecular formula is C42H46ClF2N9O4. The Morgan fingerprint density at radius 2 is 1.81 bits per heavy atom. The molecule has 4 aromatic heterocycles. The lowest BCUT2D eigenvalue weighted by atomic mass is 9.94. The van der Waals surface area contributed by atoms with Gasteiger partial charge in [-0.2, -0.15) is 10.1 Å². The van der Waals surface area contributed by atoms with E-state index in [1.165, 1.54) is 19.3 Å². The lowest BCUT2D eigenvalue weighted by Crippen LogP contribution is -2.46. The minimum atomic E-state index is -2.89. The Labute approximate surface area is 339 Å². The molecule has 1 saturated carbocycles. The lowest BCUT2D eigenvalue weighted by Gasteiger charge is -2.31. The molecule has 58 heavy (non-hydrogen) atoms. The summed E-state index contributed by atoms with van der Waals surface area (Å²) in [4.78, 5) is 20.2. The average molecular weight is 814 g/mol. The molecule has 5 heterocycles. The number of hydrogen-bond acceptors (Lipinski definition) is 12. The van der Waals surface area contributed by atoms with E-state index in [1.807, 2.05) is 36.4 Å². The summed E-state index contributed by atoms with van der Waals surface area (Å²) in [6.07, 6.45) is 6.67. The van der Waals surface area contributed by atoms with Crippen molar-refractivity contribution in [3.8, 4) is 28.6 Å². The number of aromatic nitrogens is 6. The monoisotopic (exact) mass is 813 g/mol. The molecule has 304 valence electrons. The zero-order valence-electron chi connectivity index (χ0n) is 32.6. The van der Waals surface area contributed by atoms with Gasteiger partial charge in [0.05, 0.1) is 60.4 Å². The molecule has 1 saturated heterocycles. The van der Waals surface area contributed by atoms with E-state index in [0.717, 1.165) is 34.9 Å². The Bertz CT molecular complexity index is 2390. The van der Waals surface area contributed by atoms with Gasteiger partial charge in [0.25, 0.3) is 6.43 Å². The van der Waals surface area contributed by atoms with Crippen LogP contribution in [-0.4, -0.2) is 92.4 Å². The standard InChI is InChI=1S/C42H46ClF2N9O4/c1-53(25-9-5-4-6-10-25)22-24-17-32-38(47-19-24)40(52-41(50-32)39(44)45)49-31-13-7-12-27(37(31)43)26-11-8-14-33-28(26)21-48-54(33)36-18-35(56-2)29(42(51-36)57-3)20-46-30-15-16-58-23-34(30)55/h7-8,11-14,17-19,21,25,30,34,39,46,55H,4-6,9-10,15-16,20,22-23H2,1-3H3,(H,49,50,52). The zero-order chi connectivity index (χ0) is 40.3. The molecular weight excluding hydrogens is 768 g/mol. The molecule has 1 aliphatic carbocycles. The number of benzene rings is 2. The van der Waals surface area contributed by atoms with Crippen LogP contribution in [0.5, 0.6) is 11.6 Å². The molecule has 16 heteroatoms. The topological polar surface area (TPSA) is 145 Å². The maximum Gasteiger partial charge on any atom is 0.297 e. The number of aliphatic hydroxyl groups excluding tert-OH is 1. The van der Waals surface area contributed by atoms with Crippen LogP contribution < -0.4 is 20.1 Å². The number of rotatable bonds is 13. The number of anilines is 2. The van der Waals surface area contributed by atoms with Gasteiger partial charge < -0.3 is 30.0 Å². The molecule has 3 N–H and O–H groups in total. The van der Waals surface area contributed by atoms with E-state index >= 15 is 0 Å². The Kier molecular flexibility index (Phi) is 11.9. The van der Waals surface area contributed by atoms with Crippen molar-refractivity contribution >= 4 is 45.0 Å². The molecule has 2 fully saturated rings. The number of aliphatic hydroxyl groups is 1. The van der Waals surface area contributed by atoms with E-state index in [9.17, 15) is 13.9 Å². The van der Waals surface area contributed by atoms with Crippen molar-refractivity contribution in [2.45, 2.75) is 76.2 Å². The van der Waals surface area contributed by atoms with Crippen LogP contribution in [0.3, 0.4) is 0 Å². The first-order chi connectivity index (χ1) is 28.2. The van der Waals surface area contributed by atoms with Crippen molar-refractivity contribution in [2.75, 3.05) is 39.8 Å². The maximum atomic E-state index is 14.2. The summed E-state index contributed by atoms with van der Waals surface area (Å²) in [5.41, 5.74) is 4.97. The Balaban J connectivity index is 1.09. The first kappa shape index (κ1) is 39.8. The van der Waals surface area contributed by atoms with Crippen LogP contribution in [-0.2, 0) is 17.8 Å². The second-order valence-electron chi connectivity index (χ2n) is 14.8. The van der Waals surface area contributed by atoms with Crippen molar-refractivity contribution in [1.29, 1.82) is 0 Å². The second kappa shape index (κ2) is 17.4. The van der Waals surface area contributed by atoms with Gasteiger partial charge in [-0.25, -0.2) is 23.4 Å². The fraction of sp³-hybridized carbons (Fsp3) is 0.405. The highest BCUT2D eigenvalue weighted by atomic mass is 35.5. The highest BCUT2D eigenvalue weighted by Crippen LogP contribution is 2.40. The summed E-state index contributed by atoms with van der Waals surface area (Å²) < 4.78 is 46.9. The third-order valence-electron chi connectivity index (χ3n) is 11.1. The van der Waals surface area contributed by atoms with Gasteiger partial charge in [0.15, 0.2) is 17.5 Å². The number of pyridine rings is 2. The van der Waals surface area contributed by atoms with Crippen molar-refractivity contribution in [2.24, 2.45) is 0 Å². The van der Waals surface area contributed by atoms with Crippen molar-refractivity contribution in [1.82, 2.24) is 39.9 Å². The van der Waals surface area contributed by atoms with Gasteiger partial charge in [0.1, 0.15) is 11.3 Å². The van der Waals surface area contributed by atoms with Crippen molar-refractivity contribution in [3.05, 3.63) is 82.9 Å². The Morgan fingerprint density at radius 1 is 1.00 bits per heavy atom. The van der Waals surface area contributed by atoms with Crippen LogP contribution >= 0.6 is 11.6 Å². The number of ether oxygens (including phenoxy) is 3. The lowest BCUT2D eigenvalue weighted by molar-refractivity contribution is -0.0281. The highest BCUT2D eigenvalue weighted by Gasteiger charge is 2.26. The number of hydrogen-bond donors (Lipinski definition) is 3. The fourth-order valence-corrected chi connectivity index (χ4v) is 8.33. The molecule has 8 rings (SSSR count). The van der Waals surface area contributed by atoms with E-state index in [2.05, 4.69) is 37.5 Å². The molecule has 0 bridgehead atoms. The molecule has 1 aliphatic heterocycles. The summed E-state index contributed by atoms with van der Waals surface area (Å²) in [6, 6.07) is 15.2. The largest absolute Gasteiger partial charge is 0.496 e. The minimum Gasteiger partial charge on any atom is -0.496 e. The van der Waals surface area contributed by atoms with E-state index in [4.69, 9.17) is 35.9 Å². The normalized spacial score (nSPS) is 17.7. The van der Waals surface area contributed by atoms with Crippen LogP contribution in [0, 0.1) is 0 Å². The molecule has 2 atom stereocenters. The number of nitrogens with zero attached hydrogens (tertiary/aromatic N) is 7. The smallest absolute Gasteiger partial charge is 0.297 e. The number of alkyl halides is 2. The van der Waals surface area contributed by atoms with Gasteiger partial charge in [-0.15, -0.1) is 0 Å². The zero-order valence-corrected chi connectivity index (χ0v) is 33.3. The van der Waals surface area contributed by atoms with Gasteiger partial charge in [-0.05, 0) is 55.6 Å². The predicted octanol–water partition coefficient (Wildman–Crippen LogP) is 7.78. The molecule has 6 aromatic rings. The van der Waals surface area contributed by atoms with E-state index in [0.29, 0.717) is 82.5 Å². The van der Waals surface area contributed by atoms with Gasteiger partial charge in [-0.1, -0.05) is 55.1 Å². The van der Waals surface area contributed by atoms with Crippen LogP contribution in [0.15, 0.2) is 60.9 Å². The van der Waals surface area contributed by atoms with Gasteiger partial charge >= 0.3 is 0 Å². The minimum absolute atomic E-state index is 0.133. The van der Waals surface area contributed by atoms with Crippen LogP contribution in [0.1, 0.15) is 61.9 Å². The average Bonchev–Trinajstić information content (AvgIpc) is 3.69. The quantitative estimate of drug-likeness (QED) is 0.105. The molecule has 2 aliphatic rings. The first-order valence-electron chi connectivity index (χ1n) is 19.5. The van der Waals surface area contributed by atoms with E-state index in [-0.39, 0.29) is 18.5 Å². The number of halogens is 3. The van der Waals surface area contributed by atoms with Crippen LogP contribution in [0.4, 0.5) is 20.3 Å². The highest BCUT2D eigenvalue weighted by molar-refractivity contribution is 6.36.